The molecule has 7 heteroatoms. The summed E-state index contributed by atoms with van der Waals surface area (Å²) in [5, 5.41) is 3.52. The summed E-state index contributed by atoms with van der Waals surface area (Å²) in [4.78, 5) is 12.8. The topological polar surface area (TPSA) is 86.0 Å². The van der Waals surface area contributed by atoms with E-state index in [0.29, 0.717) is 16.5 Å². The Hall–Kier alpha value is -2.41. The first-order valence-corrected chi connectivity index (χ1v) is 6.77. The molecule has 0 aliphatic carbocycles. The van der Waals surface area contributed by atoms with E-state index in [1.807, 2.05) is 19.2 Å². The van der Waals surface area contributed by atoms with Crippen LogP contribution in [0.15, 0.2) is 24.5 Å². The zero-order valence-corrected chi connectivity index (χ0v) is 11.9. The Morgan fingerprint density at radius 3 is 2.95 bits per heavy atom. The van der Waals surface area contributed by atoms with Gasteiger partial charge in [0.15, 0.2) is 5.13 Å². The SMILES string of the molecule is CNc1cc(-c2cnc(OC)c3nc(N)sc23)ccn1. The van der Waals surface area contributed by atoms with Gasteiger partial charge in [-0.25, -0.2) is 15.0 Å². The van der Waals surface area contributed by atoms with E-state index in [2.05, 4.69) is 20.3 Å². The molecule has 3 heterocycles. The van der Waals surface area contributed by atoms with Crippen LogP contribution in [0.2, 0.25) is 0 Å². The monoisotopic (exact) mass is 287 g/mol. The number of nitrogens with one attached hydrogen (secondary N) is 1. The molecule has 3 aromatic rings. The van der Waals surface area contributed by atoms with E-state index in [4.69, 9.17) is 10.5 Å². The molecule has 102 valence electrons. The van der Waals surface area contributed by atoms with Gasteiger partial charge in [-0.05, 0) is 17.7 Å². The number of ether oxygens (including phenoxy) is 1. The number of nitrogens with zero attached hydrogens (tertiary/aromatic N) is 3. The fourth-order valence-electron chi connectivity index (χ4n) is 2.00. The van der Waals surface area contributed by atoms with Gasteiger partial charge in [-0.3, -0.25) is 0 Å². The molecular weight excluding hydrogens is 274 g/mol. The van der Waals surface area contributed by atoms with Gasteiger partial charge in [0.2, 0.25) is 5.88 Å². The average molecular weight is 287 g/mol. The minimum Gasteiger partial charge on any atom is -0.479 e. The molecule has 0 saturated carbocycles. The van der Waals surface area contributed by atoms with Crippen molar-refractivity contribution in [1.29, 1.82) is 0 Å². The van der Waals surface area contributed by atoms with E-state index in [-0.39, 0.29) is 0 Å². The highest BCUT2D eigenvalue weighted by Gasteiger charge is 2.14. The number of fused-ring (bicyclic) bond motifs is 1. The van der Waals surface area contributed by atoms with Crippen LogP contribution in [0, 0.1) is 0 Å². The number of nitrogen functional groups attached to an aromatic ring is 1. The van der Waals surface area contributed by atoms with Crippen molar-refractivity contribution in [3.8, 4) is 17.0 Å². The minimum absolute atomic E-state index is 0.486. The van der Waals surface area contributed by atoms with Crippen LogP contribution in [0.25, 0.3) is 21.3 Å². The summed E-state index contributed by atoms with van der Waals surface area (Å²) in [6.07, 6.45) is 3.52. The maximum atomic E-state index is 5.82. The van der Waals surface area contributed by atoms with Crippen LogP contribution in [-0.2, 0) is 0 Å². The number of nitrogens with two attached hydrogens (primary N) is 1. The summed E-state index contributed by atoms with van der Waals surface area (Å²) in [5.41, 5.74) is 8.48. The van der Waals surface area contributed by atoms with E-state index < -0.39 is 0 Å². The number of hydrogen-bond acceptors (Lipinski definition) is 7. The molecular formula is C13H13N5OS. The van der Waals surface area contributed by atoms with Crippen molar-refractivity contribution in [3.05, 3.63) is 24.5 Å². The van der Waals surface area contributed by atoms with Crippen LogP contribution in [0.4, 0.5) is 10.9 Å². The van der Waals surface area contributed by atoms with Gasteiger partial charge >= 0.3 is 0 Å². The van der Waals surface area contributed by atoms with Gasteiger partial charge in [0.1, 0.15) is 11.3 Å². The molecule has 0 unspecified atom stereocenters. The Kier molecular flexibility index (Phi) is 3.11. The van der Waals surface area contributed by atoms with Gasteiger partial charge in [-0.15, -0.1) is 0 Å². The van der Waals surface area contributed by atoms with Crippen LogP contribution in [0.3, 0.4) is 0 Å². The fraction of sp³-hybridized carbons (Fsp3) is 0.154. The van der Waals surface area contributed by atoms with Crippen LogP contribution in [-0.4, -0.2) is 29.1 Å². The highest BCUT2D eigenvalue weighted by atomic mass is 32.1. The minimum atomic E-state index is 0.486. The molecule has 0 spiro atoms. The Morgan fingerprint density at radius 1 is 1.35 bits per heavy atom. The predicted molar refractivity (Wildman–Crippen MR) is 81.2 cm³/mol. The smallest absolute Gasteiger partial charge is 0.241 e. The number of hydrogen-bond donors (Lipinski definition) is 2. The first-order chi connectivity index (χ1) is 9.72. The van der Waals surface area contributed by atoms with E-state index >= 15 is 0 Å². The van der Waals surface area contributed by atoms with E-state index in [0.717, 1.165) is 21.6 Å². The maximum Gasteiger partial charge on any atom is 0.241 e. The predicted octanol–water partition coefficient (Wildman–Crippen LogP) is 2.39. The van der Waals surface area contributed by atoms with Crippen molar-refractivity contribution in [3.63, 3.8) is 0 Å². The van der Waals surface area contributed by atoms with E-state index in [9.17, 15) is 0 Å². The molecule has 20 heavy (non-hydrogen) atoms. The number of methoxy groups -OCH3 is 1. The molecule has 0 saturated heterocycles. The summed E-state index contributed by atoms with van der Waals surface area (Å²) in [7, 11) is 3.40. The zero-order chi connectivity index (χ0) is 14.1. The van der Waals surface area contributed by atoms with Crippen molar-refractivity contribution < 1.29 is 4.74 Å². The van der Waals surface area contributed by atoms with Gasteiger partial charge < -0.3 is 15.8 Å². The molecule has 3 aromatic heterocycles. The lowest BCUT2D eigenvalue weighted by Crippen LogP contribution is -1.93. The van der Waals surface area contributed by atoms with Gasteiger partial charge in [-0.1, -0.05) is 11.3 Å². The molecule has 0 bridgehead atoms. The van der Waals surface area contributed by atoms with Crippen LogP contribution in [0.5, 0.6) is 5.88 Å². The first-order valence-electron chi connectivity index (χ1n) is 5.96. The maximum absolute atomic E-state index is 5.82. The lowest BCUT2D eigenvalue weighted by molar-refractivity contribution is 0.402. The number of anilines is 2. The first kappa shape index (κ1) is 12.6. The van der Waals surface area contributed by atoms with Gasteiger partial charge in [-0.2, -0.15) is 0 Å². The number of aromatic nitrogens is 3. The highest BCUT2D eigenvalue weighted by Crippen LogP contribution is 2.37. The largest absolute Gasteiger partial charge is 0.479 e. The van der Waals surface area contributed by atoms with Crippen molar-refractivity contribution >= 4 is 32.5 Å². The number of thiazole rings is 1. The van der Waals surface area contributed by atoms with Crippen molar-refractivity contribution in [2.75, 3.05) is 25.2 Å². The van der Waals surface area contributed by atoms with Crippen molar-refractivity contribution in [2.45, 2.75) is 0 Å². The fourth-order valence-corrected chi connectivity index (χ4v) is 2.85. The van der Waals surface area contributed by atoms with Crippen LogP contribution >= 0.6 is 11.3 Å². The average Bonchev–Trinajstić information content (AvgIpc) is 2.87. The van der Waals surface area contributed by atoms with E-state index in [1.165, 1.54) is 11.3 Å². The van der Waals surface area contributed by atoms with Gasteiger partial charge in [0.25, 0.3) is 0 Å². The Balaban J connectivity index is 2.25. The van der Waals surface area contributed by atoms with E-state index in [1.54, 1.807) is 19.5 Å². The second kappa shape index (κ2) is 4.93. The molecule has 0 aliphatic heterocycles. The molecule has 0 radical (unpaired) electrons. The summed E-state index contributed by atoms with van der Waals surface area (Å²) in [5.74, 6) is 1.28. The molecule has 3 N–H and O–H groups in total. The molecule has 0 amide bonds. The number of rotatable bonds is 3. The van der Waals surface area contributed by atoms with Crippen molar-refractivity contribution in [1.82, 2.24) is 15.0 Å². The molecule has 0 aromatic carbocycles. The summed E-state index contributed by atoms with van der Waals surface area (Å²) >= 11 is 1.42. The third-order valence-electron chi connectivity index (χ3n) is 2.92. The zero-order valence-electron chi connectivity index (χ0n) is 11.0. The van der Waals surface area contributed by atoms with Crippen molar-refractivity contribution in [2.24, 2.45) is 0 Å². The van der Waals surface area contributed by atoms with Crippen LogP contribution in [0.1, 0.15) is 0 Å². The lowest BCUT2D eigenvalue weighted by atomic mass is 10.1. The van der Waals surface area contributed by atoms with Gasteiger partial charge in [0, 0.05) is 25.0 Å². The standard InChI is InChI=1S/C13H13N5OS/c1-15-9-5-7(3-4-16-9)8-6-17-12(19-2)10-11(8)20-13(14)18-10/h3-6H,1-2H3,(H2,14,18)(H,15,16). The molecule has 3 rings (SSSR count). The van der Waals surface area contributed by atoms with Gasteiger partial charge in [0.05, 0.1) is 11.8 Å². The second-order valence-corrected chi connectivity index (χ2v) is 5.12. The normalized spacial score (nSPS) is 10.7. The molecule has 0 aliphatic rings. The molecule has 6 nitrogen and oxygen atoms in total. The Morgan fingerprint density at radius 2 is 2.20 bits per heavy atom. The Bertz CT molecular complexity index is 771. The molecule has 0 atom stereocenters. The third-order valence-corrected chi connectivity index (χ3v) is 3.84. The van der Waals surface area contributed by atoms with Crippen LogP contribution < -0.4 is 15.8 Å². The summed E-state index contributed by atoms with van der Waals surface area (Å²) < 4.78 is 6.19. The quantitative estimate of drug-likeness (QED) is 0.769. The highest BCUT2D eigenvalue weighted by molar-refractivity contribution is 7.22. The molecule has 0 fully saturated rings. The summed E-state index contributed by atoms with van der Waals surface area (Å²) in [6, 6.07) is 3.89. The summed E-state index contributed by atoms with van der Waals surface area (Å²) in [6.45, 7) is 0. The second-order valence-electron chi connectivity index (χ2n) is 4.09. The Labute approximate surface area is 119 Å². The number of pyridine rings is 2. The third kappa shape index (κ3) is 2.01. The lowest BCUT2D eigenvalue weighted by Gasteiger charge is -2.06.